The Morgan fingerprint density at radius 1 is 1.23 bits per heavy atom. The summed E-state index contributed by atoms with van der Waals surface area (Å²) in [6.45, 7) is -0.0877. The zero-order valence-corrected chi connectivity index (χ0v) is 17.5. The molecule has 2 heterocycles. The van der Waals surface area contributed by atoms with E-state index in [0.717, 1.165) is 12.8 Å². The molecule has 10 nitrogen and oxygen atoms in total. The van der Waals surface area contributed by atoms with Gasteiger partial charge in [-0.3, -0.25) is 4.21 Å². The fraction of sp³-hybridized carbons (Fsp3) is 0.450. The molecule has 31 heavy (non-hydrogen) atoms. The van der Waals surface area contributed by atoms with Gasteiger partial charge in [-0.1, -0.05) is 24.3 Å². The number of aliphatic hydroxyl groups is 2. The summed E-state index contributed by atoms with van der Waals surface area (Å²) < 4.78 is 26.3. The summed E-state index contributed by atoms with van der Waals surface area (Å²) in [5, 5.41) is 24.4. The molecule has 1 fully saturated rings. The van der Waals surface area contributed by atoms with Gasteiger partial charge in [-0.25, -0.2) is 19.7 Å². The Morgan fingerprint density at radius 2 is 2.06 bits per heavy atom. The second-order valence-electron chi connectivity index (χ2n) is 8.15. The number of hydrogen-bond acceptors (Lipinski definition) is 8. The van der Waals surface area contributed by atoms with Gasteiger partial charge in [-0.2, -0.15) is 0 Å². The second-order valence-corrected chi connectivity index (χ2v) is 8.91. The third kappa shape index (κ3) is 3.42. The number of anilines is 1. The van der Waals surface area contributed by atoms with E-state index in [1.165, 1.54) is 23.8 Å². The molecule has 4 N–H and O–H groups in total. The minimum atomic E-state index is -2.51. The summed E-state index contributed by atoms with van der Waals surface area (Å²) in [6.07, 6.45) is 3.46. The van der Waals surface area contributed by atoms with Crippen LogP contribution in [0.5, 0.6) is 0 Å². The SMILES string of the molecule is O=S([O-])NCC1(n2cnc3c(N[C@H]4CCc5ccccc54)ncnc32)CCC(O)C1O. The number of imidazole rings is 1. The fourth-order valence-corrected chi connectivity index (χ4v) is 5.29. The minimum Gasteiger partial charge on any atom is -0.760 e. The molecule has 1 aromatic carbocycles. The van der Waals surface area contributed by atoms with Crippen molar-refractivity contribution in [2.45, 2.75) is 49.5 Å². The largest absolute Gasteiger partial charge is 0.760 e. The van der Waals surface area contributed by atoms with E-state index in [9.17, 15) is 19.0 Å². The monoisotopic (exact) mass is 443 g/mol. The maximum Gasteiger partial charge on any atom is 0.166 e. The lowest BCUT2D eigenvalue weighted by Gasteiger charge is -2.35. The van der Waals surface area contributed by atoms with Crippen LogP contribution in [0.4, 0.5) is 5.82 Å². The van der Waals surface area contributed by atoms with Crippen LogP contribution in [0.15, 0.2) is 36.9 Å². The Labute approximate surface area is 181 Å². The van der Waals surface area contributed by atoms with Crippen molar-refractivity contribution in [3.05, 3.63) is 48.0 Å². The molecule has 0 amide bonds. The van der Waals surface area contributed by atoms with Gasteiger partial charge in [0, 0.05) is 17.8 Å². The summed E-state index contributed by atoms with van der Waals surface area (Å²) in [5.74, 6) is 0.578. The maximum absolute atomic E-state index is 11.2. The second kappa shape index (κ2) is 7.92. The van der Waals surface area contributed by atoms with Crippen molar-refractivity contribution < 1.29 is 19.0 Å². The van der Waals surface area contributed by atoms with Crippen LogP contribution in [0.2, 0.25) is 0 Å². The fourth-order valence-electron chi connectivity index (χ4n) is 4.93. The van der Waals surface area contributed by atoms with E-state index in [1.54, 1.807) is 4.57 Å². The average Bonchev–Trinajstić information content (AvgIpc) is 3.46. The first-order chi connectivity index (χ1) is 15.0. The van der Waals surface area contributed by atoms with Crippen LogP contribution in [0, 0.1) is 0 Å². The number of aryl methyl sites for hydroxylation is 1. The molecule has 0 bridgehead atoms. The Balaban J connectivity index is 1.52. The first-order valence-corrected chi connectivity index (χ1v) is 11.3. The average molecular weight is 444 g/mol. The van der Waals surface area contributed by atoms with Gasteiger partial charge < -0.3 is 24.6 Å². The number of fused-ring (bicyclic) bond motifs is 2. The van der Waals surface area contributed by atoms with Gasteiger partial charge in [0.15, 0.2) is 11.5 Å². The van der Waals surface area contributed by atoms with Gasteiger partial charge in [-0.05, 0) is 36.8 Å². The highest BCUT2D eigenvalue weighted by atomic mass is 32.2. The highest BCUT2D eigenvalue weighted by molar-refractivity contribution is 7.77. The molecular weight excluding hydrogens is 420 g/mol. The molecule has 0 saturated heterocycles. The third-order valence-electron chi connectivity index (χ3n) is 6.54. The van der Waals surface area contributed by atoms with Crippen LogP contribution in [0.3, 0.4) is 0 Å². The van der Waals surface area contributed by atoms with Gasteiger partial charge in [-0.15, -0.1) is 0 Å². The molecule has 3 aromatic rings. The summed E-state index contributed by atoms with van der Waals surface area (Å²) in [4.78, 5) is 13.3. The number of hydrogen-bond donors (Lipinski definition) is 4. The molecule has 0 aliphatic heterocycles. The number of aliphatic hydroxyl groups excluding tert-OH is 2. The normalized spacial score (nSPS) is 28.7. The first-order valence-electron chi connectivity index (χ1n) is 10.2. The van der Waals surface area contributed by atoms with E-state index in [-0.39, 0.29) is 12.6 Å². The first kappa shape index (κ1) is 20.5. The third-order valence-corrected chi connectivity index (χ3v) is 6.92. The Kier molecular flexibility index (Phi) is 5.22. The molecule has 11 heteroatoms. The number of aromatic nitrogens is 4. The van der Waals surface area contributed by atoms with E-state index < -0.39 is 29.0 Å². The molecule has 164 valence electrons. The van der Waals surface area contributed by atoms with Gasteiger partial charge in [0.2, 0.25) is 0 Å². The molecule has 5 rings (SSSR count). The summed E-state index contributed by atoms with van der Waals surface area (Å²) in [6, 6.07) is 8.40. The summed E-state index contributed by atoms with van der Waals surface area (Å²) >= 11 is -2.51. The van der Waals surface area contributed by atoms with Crippen LogP contribution in [0.1, 0.15) is 36.4 Å². The Morgan fingerprint density at radius 3 is 2.84 bits per heavy atom. The lowest BCUT2D eigenvalue weighted by Crippen LogP contribution is -2.51. The molecule has 2 aromatic heterocycles. The predicted molar refractivity (Wildman–Crippen MR) is 113 cm³/mol. The maximum atomic E-state index is 11.2. The summed E-state index contributed by atoms with van der Waals surface area (Å²) in [5.41, 5.74) is 2.45. The van der Waals surface area contributed by atoms with Crippen LogP contribution in [-0.2, 0) is 23.2 Å². The van der Waals surface area contributed by atoms with Gasteiger partial charge in [0.05, 0.1) is 24.0 Å². The van der Waals surface area contributed by atoms with Crippen molar-refractivity contribution in [2.24, 2.45) is 0 Å². The lowest BCUT2D eigenvalue weighted by atomic mass is 9.94. The molecule has 0 radical (unpaired) electrons. The van der Waals surface area contributed by atoms with Gasteiger partial charge >= 0.3 is 0 Å². The van der Waals surface area contributed by atoms with Crippen molar-refractivity contribution in [3.8, 4) is 0 Å². The molecule has 0 spiro atoms. The zero-order chi connectivity index (χ0) is 21.6. The van der Waals surface area contributed by atoms with Crippen molar-refractivity contribution in [1.29, 1.82) is 0 Å². The number of nitrogens with zero attached hydrogens (tertiary/aromatic N) is 4. The van der Waals surface area contributed by atoms with E-state index in [0.29, 0.717) is 29.8 Å². The number of rotatable bonds is 6. The van der Waals surface area contributed by atoms with E-state index in [1.807, 2.05) is 12.1 Å². The van der Waals surface area contributed by atoms with E-state index in [4.69, 9.17) is 0 Å². The number of benzene rings is 1. The Bertz CT molecular complexity index is 1140. The van der Waals surface area contributed by atoms with E-state index >= 15 is 0 Å². The van der Waals surface area contributed by atoms with Gasteiger partial charge in [0.1, 0.15) is 17.9 Å². The highest BCUT2D eigenvalue weighted by Gasteiger charge is 2.49. The van der Waals surface area contributed by atoms with Crippen LogP contribution >= 0.6 is 0 Å². The smallest absolute Gasteiger partial charge is 0.166 e. The molecule has 4 unspecified atom stereocenters. The topological polar surface area (TPSA) is 148 Å². The predicted octanol–water partition coefficient (Wildman–Crippen LogP) is 0.520. The summed E-state index contributed by atoms with van der Waals surface area (Å²) in [7, 11) is 0. The minimum absolute atomic E-state index is 0.0877. The molecule has 2 aliphatic carbocycles. The van der Waals surface area contributed by atoms with Crippen LogP contribution < -0.4 is 10.0 Å². The number of nitrogens with one attached hydrogen (secondary N) is 2. The standard InChI is InChI=1S/C20H24N6O4S/c27-15-7-8-20(17(15)28,9-24-31(29)30)26-11-23-16-18(21-10-22-19(16)26)25-14-6-5-12-3-1-2-4-13(12)14/h1-4,10-11,14-15,17,24,27-28H,5-9H2,(H,29,30)(H,21,22,25)/p-1/t14-,15?,17?,20?/m0/s1. The molecule has 1 saturated carbocycles. The van der Waals surface area contributed by atoms with Crippen LogP contribution in [-0.4, -0.2) is 57.2 Å². The highest BCUT2D eigenvalue weighted by Crippen LogP contribution is 2.40. The van der Waals surface area contributed by atoms with Crippen molar-refractivity contribution in [2.75, 3.05) is 11.9 Å². The molecule has 5 atom stereocenters. The quantitative estimate of drug-likeness (QED) is 0.403. The lowest BCUT2D eigenvalue weighted by molar-refractivity contribution is -0.0125. The Hall–Kier alpha value is -2.44. The molecule has 2 aliphatic rings. The van der Waals surface area contributed by atoms with Crippen molar-refractivity contribution >= 4 is 28.2 Å². The van der Waals surface area contributed by atoms with Crippen molar-refractivity contribution in [1.82, 2.24) is 24.2 Å². The van der Waals surface area contributed by atoms with Crippen LogP contribution in [0.25, 0.3) is 11.2 Å². The molecular formula is C20H23N6O4S-. The zero-order valence-electron chi connectivity index (χ0n) is 16.6. The van der Waals surface area contributed by atoms with Crippen molar-refractivity contribution in [3.63, 3.8) is 0 Å². The van der Waals surface area contributed by atoms with Gasteiger partial charge in [0.25, 0.3) is 0 Å². The van der Waals surface area contributed by atoms with E-state index in [2.05, 4.69) is 37.1 Å².